The molecule has 2 aromatic rings. The molecule has 0 saturated carbocycles. The zero-order valence-corrected chi connectivity index (χ0v) is 16.3. The first-order valence-corrected chi connectivity index (χ1v) is 9.92. The van der Waals surface area contributed by atoms with Gasteiger partial charge in [0.25, 0.3) is 0 Å². The van der Waals surface area contributed by atoms with Crippen molar-refractivity contribution in [2.75, 3.05) is 28.3 Å². The predicted molar refractivity (Wildman–Crippen MR) is 108 cm³/mol. The molecule has 1 saturated heterocycles. The van der Waals surface area contributed by atoms with Crippen LogP contribution in [0.25, 0.3) is 0 Å². The lowest BCUT2D eigenvalue weighted by molar-refractivity contribution is -0.122. The van der Waals surface area contributed by atoms with E-state index in [1.165, 1.54) is 25.1 Å². The molecule has 3 amide bonds. The summed E-state index contributed by atoms with van der Waals surface area (Å²) in [6.45, 7) is 1.57. The lowest BCUT2D eigenvalue weighted by Gasteiger charge is -2.17. The summed E-state index contributed by atoms with van der Waals surface area (Å²) >= 11 is 1.60. The number of hydrogen-bond acceptors (Lipinski definition) is 4. The van der Waals surface area contributed by atoms with E-state index < -0.39 is 17.6 Å². The largest absolute Gasteiger partial charge is 0.326 e. The SMILES string of the molecule is CSc1ccc(N2C[C@@H](C(=O)Nc3cc(NC(C)=O)ccc3F)CC2=O)cc1. The van der Waals surface area contributed by atoms with Crippen molar-refractivity contribution in [2.24, 2.45) is 5.92 Å². The molecular weight excluding hydrogens is 381 g/mol. The summed E-state index contributed by atoms with van der Waals surface area (Å²) in [6.07, 6.45) is 2.03. The van der Waals surface area contributed by atoms with Crippen molar-refractivity contribution in [1.29, 1.82) is 0 Å². The summed E-state index contributed by atoms with van der Waals surface area (Å²) in [4.78, 5) is 38.7. The van der Waals surface area contributed by atoms with Crippen LogP contribution in [0.1, 0.15) is 13.3 Å². The van der Waals surface area contributed by atoms with Gasteiger partial charge in [0.2, 0.25) is 17.7 Å². The van der Waals surface area contributed by atoms with Crippen LogP contribution < -0.4 is 15.5 Å². The molecule has 0 radical (unpaired) electrons. The van der Waals surface area contributed by atoms with E-state index in [2.05, 4.69) is 10.6 Å². The Labute approximate surface area is 166 Å². The molecule has 0 unspecified atom stereocenters. The molecule has 1 heterocycles. The highest BCUT2D eigenvalue weighted by atomic mass is 32.2. The number of nitrogens with zero attached hydrogens (tertiary/aromatic N) is 1. The molecule has 2 N–H and O–H groups in total. The number of carbonyl (C=O) groups excluding carboxylic acids is 3. The fraction of sp³-hybridized carbons (Fsp3) is 0.250. The van der Waals surface area contributed by atoms with Crippen LogP contribution in [-0.2, 0) is 14.4 Å². The summed E-state index contributed by atoms with van der Waals surface area (Å²) in [5, 5.41) is 5.07. The van der Waals surface area contributed by atoms with E-state index in [0.29, 0.717) is 5.69 Å². The maximum absolute atomic E-state index is 14.0. The Morgan fingerprint density at radius 3 is 2.50 bits per heavy atom. The molecule has 0 bridgehead atoms. The van der Waals surface area contributed by atoms with Crippen molar-refractivity contribution < 1.29 is 18.8 Å². The second-order valence-electron chi connectivity index (χ2n) is 6.47. The molecule has 146 valence electrons. The third-order valence-electron chi connectivity index (χ3n) is 4.42. The van der Waals surface area contributed by atoms with Gasteiger partial charge in [0.1, 0.15) is 5.82 Å². The van der Waals surface area contributed by atoms with Gasteiger partial charge in [0.15, 0.2) is 0 Å². The Balaban J connectivity index is 1.70. The summed E-state index contributed by atoms with van der Waals surface area (Å²) < 4.78 is 14.0. The molecule has 6 nitrogen and oxygen atoms in total. The Kier molecular flexibility index (Phi) is 5.99. The fourth-order valence-corrected chi connectivity index (χ4v) is 3.44. The minimum atomic E-state index is -0.615. The zero-order chi connectivity index (χ0) is 20.3. The van der Waals surface area contributed by atoms with Gasteiger partial charge in [-0.3, -0.25) is 14.4 Å². The Morgan fingerprint density at radius 2 is 1.86 bits per heavy atom. The van der Waals surface area contributed by atoms with Gasteiger partial charge in [-0.15, -0.1) is 11.8 Å². The number of carbonyl (C=O) groups is 3. The van der Waals surface area contributed by atoms with Gasteiger partial charge >= 0.3 is 0 Å². The standard InChI is InChI=1S/C20H20FN3O3S/c1-12(25)22-14-3-8-17(21)18(10-14)23-20(27)13-9-19(26)24(11-13)15-4-6-16(28-2)7-5-15/h3-8,10,13H,9,11H2,1-2H3,(H,22,25)(H,23,27)/t13-/m0/s1. The molecule has 1 fully saturated rings. The van der Waals surface area contributed by atoms with Crippen molar-refractivity contribution in [1.82, 2.24) is 0 Å². The molecule has 28 heavy (non-hydrogen) atoms. The molecule has 8 heteroatoms. The summed E-state index contributed by atoms with van der Waals surface area (Å²) in [5.74, 6) is -2.08. The van der Waals surface area contributed by atoms with Crippen LogP contribution in [-0.4, -0.2) is 30.5 Å². The van der Waals surface area contributed by atoms with E-state index in [9.17, 15) is 18.8 Å². The number of nitrogens with one attached hydrogen (secondary N) is 2. The van der Waals surface area contributed by atoms with Crippen LogP contribution >= 0.6 is 11.8 Å². The summed E-state index contributed by atoms with van der Waals surface area (Å²) in [7, 11) is 0. The Hall–Kier alpha value is -2.87. The van der Waals surface area contributed by atoms with Gasteiger partial charge in [-0.1, -0.05) is 0 Å². The highest BCUT2D eigenvalue weighted by Gasteiger charge is 2.35. The van der Waals surface area contributed by atoms with Gasteiger partial charge in [0, 0.05) is 36.2 Å². The number of anilines is 3. The number of benzene rings is 2. The van der Waals surface area contributed by atoms with Crippen LogP contribution in [0, 0.1) is 11.7 Å². The van der Waals surface area contributed by atoms with Crippen molar-refractivity contribution >= 4 is 46.5 Å². The number of halogens is 1. The minimum Gasteiger partial charge on any atom is -0.326 e. The topological polar surface area (TPSA) is 78.5 Å². The second-order valence-corrected chi connectivity index (χ2v) is 7.35. The van der Waals surface area contributed by atoms with Gasteiger partial charge < -0.3 is 15.5 Å². The van der Waals surface area contributed by atoms with Crippen molar-refractivity contribution in [3.8, 4) is 0 Å². The van der Waals surface area contributed by atoms with E-state index in [0.717, 1.165) is 10.6 Å². The van der Waals surface area contributed by atoms with Crippen LogP contribution in [0.15, 0.2) is 47.4 Å². The quantitative estimate of drug-likeness (QED) is 0.752. The minimum absolute atomic E-state index is 0.0357. The second kappa shape index (κ2) is 8.43. The van der Waals surface area contributed by atoms with Crippen LogP contribution in [0.5, 0.6) is 0 Å². The maximum Gasteiger partial charge on any atom is 0.229 e. The number of thioether (sulfide) groups is 1. The van der Waals surface area contributed by atoms with Gasteiger partial charge in [0.05, 0.1) is 11.6 Å². The highest BCUT2D eigenvalue weighted by molar-refractivity contribution is 7.98. The molecule has 2 aromatic carbocycles. The average molecular weight is 401 g/mol. The van der Waals surface area contributed by atoms with Crippen molar-refractivity contribution in [2.45, 2.75) is 18.2 Å². The fourth-order valence-electron chi connectivity index (χ4n) is 3.03. The molecular formula is C20H20FN3O3S. The van der Waals surface area contributed by atoms with Crippen molar-refractivity contribution in [3.63, 3.8) is 0 Å². The number of amides is 3. The highest BCUT2D eigenvalue weighted by Crippen LogP contribution is 2.28. The summed E-state index contributed by atoms with van der Waals surface area (Å²) in [6, 6.07) is 11.5. The van der Waals surface area contributed by atoms with Gasteiger partial charge in [-0.05, 0) is 48.7 Å². The number of rotatable bonds is 5. The summed E-state index contributed by atoms with van der Waals surface area (Å²) in [5.41, 5.74) is 1.07. The lowest BCUT2D eigenvalue weighted by Crippen LogP contribution is -2.28. The first-order valence-electron chi connectivity index (χ1n) is 8.70. The van der Waals surface area contributed by atoms with E-state index in [-0.39, 0.29) is 30.5 Å². The molecule has 1 aliphatic heterocycles. The Morgan fingerprint density at radius 1 is 1.14 bits per heavy atom. The Bertz CT molecular complexity index is 917. The zero-order valence-electron chi connectivity index (χ0n) is 15.5. The predicted octanol–water partition coefficient (Wildman–Crippen LogP) is 3.50. The first-order chi connectivity index (χ1) is 13.4. The van der Waals surface area contributed by atoms with E-state index in [4.69, 9.17) is 0 Å². The monoisotopic (exact) mass is 401 g/mol. The van der Waals surface area contributed by atoms with Crippen molar-refractivity contribution in [3.05, 3.63) is 48.3 Å². The molecule has 1 aliphatic rings. The molecule has 0 spiro atoms. The van der Waals surface area contributed by atoms with Crippen LogP contribution in [0.4, 0.5) is 21.5 Å². The average Bonchev–Trinajstić information content (AvgIpc) is 3.06. The molecule has 0 aromatic heterocycles. The third-order valence-corrected chi connectivity index (χ3v) is 5.17. The third kappa shape index (κ3) is 4.51. The lowest BCUT2D eigenvalue weighted by atomic mass is 10.1. The van der Waals surface area contributed by atoms with E-state index >= 15 is 0 Å². The van der Waals surface area contributed by atoms with Gasteiger partial charge in [-0.2, -0.15) is 0 Å². The molecule has 1 atom stereocenters. The number of hydrogen-bond donors (Lipinski definition) is 2. The first kappa shape index (κ1) is 19.9. The molecule has 3 rings (SSSR count). The van der Waals surface area contributed by atoms with E-state index in [1.54, 1.807) is 16.7 Å². The maximum atomic E-state index is 14.0. The van der Waals surface area contributed by atoms with E-state index in [1.807, 2.05) is 30.5 Å². The van der Waals surface area contributed by atoms with Gasteiger partial charge in [-0.25, -0.2) is 4.39 Å². The van der Waals surface area contributed by atoms with Crippen LogP contribution in [0.3, 0.4) is 0 Å². The molecule has 0 aliphatic carbocycles. The normalized spacial score (nSPS) is 16.2. The van der Waals surface area contributed by atoms with Crippen LogP contribution in [0.2, 0.25) is 0 Å². The smallest absolute Gasteiger partial charge is 0.229 e.